The van der Waals surface area contributed by atoms with Crippen molar-refractivity contribution in [2.24, 2.45) is 5.73 Å². The number of hydrogen-bond donors (Lipinski definition) is 2. The normalized spacial score (nSPS) is 12.9. The minimum absolute atomic E-state index is 0. The van der Waals surface area contributed by atoms with Crippen LogP contribution in [0.2, 0.25) is 0 Å². The van der Waals surface area contributed by atoms with Gasteiger partial charge in [-0.25, -0.2) is 0 Å². The largest absolute Gasteiger partial charge is 0.468 e. The van der Waals surface area contributed by atoms with Gasteiger partial charge in [-0.2, -0.15) is 0 Å². The van der Waals surface area contributed by atoms with Gasteiger partial charge in [0.1, 0.15) is 6.04 Å². The van der Waals surface area contributed by atoms with Gasteiger partial charge in [0.25, 0.3) is 0 Å². The molecule has 0 aromatic carbocycles. The molecule has 0 spiro atoms. The van der Waals surface area contributed by atoms with Gasteiger partial charge in [0, 0.05) is 1.43 Å². The zero-order valence-corrected chi connectivity index (χ0v) is 4.63. The van der Waals surface area contributed by atoms with Crippen molar-refractivity contribution >= 4 is 5.97 Å². The average Bonchev–Trinajstić information content (AvgIpc) is 1.84. The lowest BCUT2D eigenvalue weighted by Crippen LogP contribution is -2.34. The lowest BCUT2D eigenvalue weighted by atomic mass is 10.3. The number of rotatable bonds is 2. The Morgan fingerprint density at radius 1 is 2.12 bits per heavy atom. The van der Waals surface area contributed by atoms with Crippen molar-refractivity contribution in [3.63, 3.8) is 0 Å². The van der Waals surface area contributed by atoms with Crippen molar-refractivity contribution in [1.29, 1.82) is 0 Å². The van der Waals surface area contributed by atoms with E-state index in [-0.39, 0.29) is 8.03 Å². The second kappa shape index (κ2) is 3.40. The minimum Gasteiger partial charge on any atom is -0.468 e. The number of carbonyl (C=O) groups excluding carboxylic acids is 1. The van der Waals surface area contributed by atoms with Crippen molar-refractivity contribution < 1.29 is 16.1 Å². The smallest absolute Gasteiger partial charge is 0.325 e. The summed E-state index contributed by atoms with van der Waals surface area (Å²) in [4.78, 5) is 10.2. The Morgan fingerprint density at radius 2 is 2.62 bits per heavy atom. The fourth-order valence-electron chi connectivity index (χ4n) is 0.226. The van der Waals surface area contributed by atoms with Gasteiger partial charge >= 0.3 is 5.97 Å². The van der Waals surface area contributed by atoms with Crippen molar-refractivity contribution in [3.8, 4) is 0 Å². The van der Waals surface area contributed by atoms with E-state index < -0.39 is 12.0 Å². The van der Waals surface area contributed by atoms with Crippen molar-refractivity contribution in [2.45, 2.75) is 6.04 Å². The molecule has 4 nitrogen and oxygen atoms in total. The number of aliphatic hydroxyl groups excluding tert-OH is 1. The Morgan fingerprint density at radius 3 is 2.75 bits per heavy atom. The Bertz CT molecular complexity index is 87.9. The van der Waals surface area contributed by atoms with E-state index in [0.717, 1.165) is 0 Å². The van der Waals surface area contributed by atoms with Gasteiger partial charge in [-0.05, 0) is 0 Å². The molecule has 0 radical (unpaired) electrons. The fraction of sp³-hybridized carbons (Fsp3) is 0.750. The maximum atomic E-state index is 10.2. The fourth-order valence-corrected chi connectivity index (χ4v) is 0.226. The van der Waals surface area contributed by atoms with Crippen LogP contribution in [0, 0.1) is 0 Å². The van der Waals surface area contributed by atoms with Crippen LogP contribution in [0.5, 0.6) is 0 Å². The SMILES string of the molecule is COC(=O)[C@H](N)CO.[HH]. The molecule has 8 heavy (non-hydrogen) atoms. The first kappa shape index (κ1) is 7.39. The third-order valence-corrected chi connectivity index (χ3v) is 0.701. The molecule has 0 aromatic rings. The standard InChI is InChI=1S/C4H9NO3.H2/c1-8-4(7)3(5)2-6;/h3,6H,2,5H2,1H3;1H/t3-;/m1./s1. The molecule has 4 heteroatoms. The molecule has 0 aliphatic carbocycles. The number of aliphatic hydroxyl groups is 1. The average molecular weight is 121 g/mol. The maximum Gasteiger partial charge on any atom is 0.325 e. The highest BCUT2D eigenvalue weighted by atomic mass is 16.5. The summed E-state index contributed by atoms with van der Waals surface area (Å²) in [6.07, 6.45) is 0. The molecule has 0 aliphatic rings. The molecule has 50 valence electrons. The van der Waals surface area contributed by atoms with Crippen LogP contribution >= 0.6 is 0 Å². The van der Waals surface area contributed by atoms with Crippen molar-refractivity contribution in [2.75, 3.05) is 13.7 Å². The lowest BCUT2D eigenvalue weighted by Gasteiger charge is -2.02. The van der Waals surface area contributed by atoms with E-state index >= 15 is 0 Å². The molecular weight excluding hydrogens is 110 g/mol. The molecule has 0 fully saturated rings. The molecule has 0 heterocycles. The zero-order valence-electron chi connectivity index (χ0n) is 4.63. The number of carbonyl (C=O) groups is 1. The molecule has 0 aromatic heterocycles. The van der Waals surface area contributed by atoms with Crippen LogP contribution in [0.4, 0.5) is 0 Å². The summed E-state index contributed by atoms with van der Waals surface area (Å²) < 4.78 is 4.18. The van der Waals surface area contributed by atoms with E-state index in [0.29, 0.717) is 0 Å². The van der Waals surface area contributed by atoms with E-state index in [9.17, 15) is 4.79 Å². The predicted molar refractivity (Wildman–Crippen MR) is 29.2 cm³/mol. The summed E-state index contributed by atoms with van der Waals surface area (Å²) >= 11 is 0. The lowest BCUT2D eigenvalue weighted by molar-refractivity contribution is -0.143. The van der Waals surface area contributed by atoms with Gasteiger partial charge in [0.2, 0.25) is 0 Å². The Hall–Kier alpha value is -0.610. The van der Waals surface area contributed by atoms with Gasteiger partial charge in [-0.15, -0.1) is 0 Å². The molecule has 0 bridgehead atoms. The summed E-state index contributed by atoms with van der Waals surface area (Å²) in [6.45, 7) is -0.368. The second-order valence-electron chi connectivity index (χ2n) is 1.31. The van der Waals surface area contributed by atoms with Crippen LogP contribution in [0.15, 0.2) is 0 Å². The van der Waals surface area contributed by atoms with E-state index in [4.69, 9.17) is 10.8 Å². The third kappa shape index (κ3) is 1.90. The van der Waals surface area contributed by atoms with E-state index in [1.54, 1.807) is 0 Å². The first-order valence-corrected chi connectivity index (χ1v) is 2.16. The van der Waals surface area contributed by atoms with Crippen LogP contribution in [0.1, 0.15) is 1.43 Å². The highest BCUT2D eigenvalue weighted by Crippen LogP contribution is 1.78. The molecule has 1 atom stereocenters. The Kier molecular flexibility index (Phi) is 3.14. The Balaban J connectivity index is 0. The second-order valence-corrected chi connectivity index (χ2v) is 1.31. The van der Waals surface area contributed by atoms with Crippen LogP contribution in [0.25, 0.3) is 0 Å². The number of esters is 1. The summed E-state index contributed by atoms with van der Waals surface area (Å²) in [5, 5.41) is 8.21. The van der Waals surface area contributed by atoms with Crippen molar-refractivity contribution in [1.82, 2.24) is 0 Å². The molecule has 0 saturated heterocycles. The van der Waals surface area contributed by atoms with Gasteiger partial charge in [0.15, 0.2) is 0 Å². The highest BCUT2D eigenvalue weighted by molar-refractivity contribution is 5.75. The summed E-state index contributed by atoms with van der Waals surface area (Å²) in [5.74, 6) is -0.590. The highest BCUT2D eigenvalue weighted by Gasteiger charge is 2.10. The predicted octanol–water partition coefficient (Wildman–Crippen LogP) is -1.27. The molecular formula is C4H11NO3. The van der Waals surface area contributed by atoms with Gasteiger partial charge < -0.3 is 15.6 Å². The van der Waals surface area contributed by atoms with Crippen LogP contribution in [-0.4, -0.2) is 30.8 Å². The summed E-state index contributed by atoms with van der Waals surface area (Å²) in [7, 11) is 1.22. The minimum atomic E-state index is -0.889. The third-order valence-electron chi connectivity index (χ3n) is 0.701. The molecule has 0 unspecified atom stereocenters. The molecule has 0 rings (SSSR count). The number of ether oxygens (including phenoxy) is 1. The number of hydrogen-bond acceptors (Lipinski definition) is 4. The van der Waals surface area contributed by atoms with Gasteiger partial charge in [-0.1, -0.05) is 0 Å². The van der Waals surface area contributed by atoms with Crippen LogP contribution in [0.3, 0.4) is 0 Å². The van der Waals surface area contributed by atoms with Gasteiger partial charge in [0.05, 0.1) is 13.7 Å². The first-order valence-electron chi connectivity index (χ1n) is 2.16. The van der Waals surface area contributed by atoms with E-state index in [1.807, 2.05) is 0 Å². The molecule has 0 amide bonds. The number of methoxy groups -OCH3 is 1. The topological polar surface area (TPSA) is 72.5 Å². The molecule has 0 aliphatic heterocycles. The number of nitrogens with two attached hydrogens (primary N) is 1. The first-order chi connectivity index (χ1) is 3.72. The van der Waals surface area contributed by atoms with E-state index in [1.165, 1.54) is 7.11 Å². The van der Waals surface area contributed by atoms with Gasteiger partial charge in [-0.3, -0.25) is 4.79 Å². The summed E-state index contributed by atoms with van der Waals surface area (Å²) in [5.41, 5.74) is 5.00. The Labute approximate surface area is 48.7 Å². The summed E-state index contributed by atoms with van der Waals surface area (Å²) in [6, 6.07) is -0.889. The van der Waals surface area contributed by atoms with E-state index in [2.05, 4.69) is 4.74 Å². The van der Waals surface area contributed by atoms with Crippen LogP contribution < -0.4 is 5.73 Å². The molecule has 3 N–H and O–H groups in total. The van der Waals surface area contributed by atoms with Crippen LogP contribution in [-0.2, 0) is 9.53 Å². The monoisotopic (exact) mass is 121 g/mol. The molecule has 0 saturated carbocycles. The zero-order chi connectivity index (χ0) is 6.57. The van der Waals surface area contributed by atoms with Crippen molar-refractivity contribution in [3.05, 3.63) is 0 Å². The maximum absolute atomic E-state index is 10.2. The quantitative estimate of drug-likeness (QED) is 0.446.